The van der Waals surface area contributed by atoms with Crippen LogP contribution >= 0.6 is 0 Å². The molecule has 2 radical (unpaired) electrons. The highest BCUT2D eigenvalue weighted by molar-refractivity contribution is 4.76. The maximum absolute atomic E-state index is 3.90. The van der Waals surface area contributed by atoms with E-state index in [0.717, 1.165) is 12.3 Å². The Morgan fingerprint density at radius 2 is 1.26 bits per heavy atom. The Hall–Kier alpha value is 0. The van der Waals surface area contributed by atoms with Crippen LogP contribution in [-0.2, 0) is 0 Å². The van der Waals surface area contributed by atoms with Gasteiger partial charge in [0.05, 0.1) is 0 Å². The quantitative estimate of drug-likeness (QED) is 0.276. The Morgan fingerprint density at radius 1 is 0.737 bits per heavy atom. The van der Waals surface area contributed by atoms with E-state index in [0.29, 0.717) is 0 Å². The van der Waals surface area contributed by atoms with E-state index < -0.39 is 0 Å². The van der Waals surface area contributed by atoms with Crippen molar-refractivity contribution in [1.82, 2.24) is 0 Å². The first-order valence-electron chi connectivity index (χ1n) is 8.97. The Labute approximate surface area is 123 Å². The Morgan fingerprint density at radius 3 is 1.79 bits per heavy atom. The Bertz CT molecular complexity index is 142. The zero-order valence-electron chi connectivity index (χ0n) is 13.8. The number of unbranched alkanes of at least 4 members (excludes halogenated alkanes) is 9. The highest BCUT2D eigenvalue weighted by Gasteiger charge is 2.07. The molecule has 0 aliphatic carbocycles. The van der Waals surface area contributed by atoms with Gasteiger partial charge in [-0.25, -0.2) is 0 Å². The van der Waals surface area contributed by atoms with Gasteiger partial charge >= 0.3 is 0 Å². The molecule has 0 nitrogen and oxygen atoms in total. The van der Waals surface area contributed by atoms with Crippen LogP contribution in [0.1, 0.15) is 104 Å². The van der Waals surface area contributed by atoms with Crippen molar-refractivity contribution in [3.05, 3.63) is 13.3 Å². The highest BCUT2D eigenvalue weighted by atomic mass is 14.1. The van der Waals surface area contributed by atoms with Gasteiger partial charge in [-0.3, -0.25) is 0 Å². The lowest BCUT2D eigenvalue weighted by Gasteiger charge is -2.15. The van der Waals surface area contributed by atoms with Crippen molar-refractivity contribution in [3.8, 4) is 0 Å². The van der Waals surface area contributed by atoms with Gasteiger partial charge in [-0.05, 0) is 18.8 Å². The molecule has 0 aliphatic heterocycles. The van der Waals surface area contributed by atoms with Crippen LogP contribution in [0.4, 0.5) is 0 Å². The molecular weight excluding hydrogens is 228 g/mol. The first-order valence-corrected chi connectivity index (χ1v) is 8.97. The minimum Gasteiger partial charge on any atom is -0.0654 e. The molecule has 0 heterocycles. The van der Waals surface area contributed by atoms with Crippen molar-refractivity contribution < 1.29 is 0 Å². The van der Waals surface area contributed by atoms with Gasteiger partial charge in [0.25, 0.3) is 0 Å². The topological polar surface area (TPSA) is 0 Å². The summed E-state index contributed by atoms with van der Waals surface area (Å²) in [5.74, 6) is 0.908. The summed E-state index contributed by atoms with van der Waals surface area (Å²) in [6, 6.07) is 0. The third kappa shape index (κ3) is 14.2. The minimum atomic E-state index is 0.908. The summed E-state index contributed by atoms with van der Waals surface area (Å²) in [7, 11) is 0. The lowest BCUT2D eigenvalue weighted by atomic mass is 9.90. The standard InChI is InChI=1S/C19H38/c1-4-7-10-11-12-13-14-15-18-19(16-8-5-2)17-9-6-3/h18-19H,1,4-17H2,2-3H3. The van der Waals surface area contributed by atoms with Crippen molar-refractivity contribution in [2.75, 3.05) is 0 Å². The first kappa shape index (κ1) is 19.0. The molecule has 0 saturated heterocycles. The molecule has 0 atom stereocenters. The average Bonchev–Trinajstić information content (AvgIpc) is 2.43. The second-order valence-corrected chi connectivity index (χ2v) is 6.04. The summed E-state index contributed by atoms with van der Waals surface area (Å²) in [5, 5.41) is 0. The molecule has 0 aromatic carbocycles. The predicted molar refractivity (Wildman–Crippen MR) is 89.1 cm³/mol. The molecule has 0 amide bonds. The van der Waals surface area contributed by atoms with Crippen LogP contribution < -0.4 is 0 Å². The van der Waals surface area contributed by atoms with Gasteiger partial charge in [0, 0.05) is 0 Å². The van der Waals surface area contributed by atoms with E-state index >= 15 is 0 Å². The molecule has 19 heavy (non-hydrogen) atoms. The van der Waals surface area contributed by atoms with Crippen LogP contribution in [-0.4, -0.2) is 0 Å². The third-order valence-electron chi connectivity index (χ3n) is 4.06. The van der Waals surface area contributed by atoms with Crippen LogP contribution in [0.25, 0.3) is 0 Å². The second-order valence-electron chi connectivity index (χ2n) is 6.04. The zero-order valence-corrected chi connectivity index (χ0v) is 13.8. The Kier molecular flexibility index (Phi) is 16.1. The van der Waals surface area contributed by atoms with Crippen molar-refractivity contribution in [3.63, 3.8) is 0 Å². The second kappa shape index (κ2) is 16.1. The van der Waals surface area contributed by atoms with E-state index in [9.17, 15) is 0 Å². The van der Waals surface area contributed by atoms with Gasteiger partial charge in [0.15, 0.2) is 0 Å². The van der Waals surface area contributed by atoms with E-state index in [1.54, 1.807) is 0 Å². The lowest BCUT2D eigenvalue weighted by molar-refractivity contribution is 0.451. The van der Waals surface area contributed by atoms with Gasteiger partial charge < -0.3 is 0 Å². The normalized spacial score (nSPS) is 11.4. The van der Waals surface area contributed by atoms with Crippen LogP contribution in [0.2, 0.25) is 0 Å². The molecule has 0 fully saturated rings. The van der Waals surface area contributed by atoms with E-state index in [2.05, 4.69) is 27.2 Å². The summed E-state index contributed by atoms with van der Waals surface area (Å²) in [6.45, 7) is 8.51. The monoisotopic (exact) mass is 266 g/mol. The first-order chi connectivity index (χ1) is 9.35. The summed E-state index contributed by atoms with van der Waals surface area (Å²) in [5.41, 5.74) is 0. The van der Waals surface area contributed by atoms with Gasteiger partial charge in [0.1, 0.15) is 0 Å². The van der Waals surface area contributed by atoms with Crippen LogP contribution in [0, 0.1) is 19.3 Å². The molecule has 0 heteroatoms. The largest absolute Gasteiger partial charge is 0.0654 e. The van der Waals surface area contributed by atoms with E-state index in [1.807, 2.05) is 0 Å². The average molecular weight is 267 g/mol. The maximum Gasteiger partial charge on any atom is -0.0355 e. The fourth-order valence-corrected chi connectivity index (χ4v) is 2.69. The third-order valence-corrected chi connectivity index (χ3v) is 4.06. The molecule has 0 unspecified atom stereocenters. The van der Waals surface area contributed by atoms with Gasteiger partial charge in [-0.15, -0.1) is 0 Å². The highest BCUT2D eigenvalue weighted by Crippen LogP contribution is 2.22. The van der Waals surface area contributed by atoms with E-state index in [4.69, 9.17) is 0 Å². The SMILES string of the molecule is [CH2]CCCCCCCC[CH]C(CCCC)CCCC. The molecule has 0 bridgehead atoms. The van der Waals surface area contributed by atoms with Gasteiger partial charge in [-0.1, -0.05) is 104 Å². The van der Waals surface area contributed by atoms with Crippen molar-refractivity contribution in [2.45, 2.75) is 104 Å². The van der Waals surface area contributed by atoms with Gasteiger partial charge in [-0.2, -0.15) is 0 Å². The number of rotatable bonds is 15. The molecule has 0 aromatic heterocycles. The maximum atomic E-state index is 3.90. The van der Waals surface area contributed by atoms with Crippen LogP contribution in [0.3, 0.4) is 0 Å². The summed E-state index contributed by atoms with van der Waals surface area (Å²) in [4.78, 5) is 0. The predicted octanol–water partition coefficient (Wildman–Crippen LogP) is 7.14. The lowest BCUT2D eigenvalue weighted by Crippen LogP contribution is -2.01. The smallest absolute Gasteiger partial charge is 0.0355 e. The number of hydrogen-bond acceptors (Lipinski definition) is 0. The molecule has 0 aromatic rings. The van der Waals surface area contributed by atoms with Crippen molar-refractivity contribution >= 4 is 0 Å². The van der Waals surface area contributed by atoms with Gasteiger partial charge in [0.2, 0.25) is 0 Å². The van der Waals surface area contributed by atoms with Crippen molar-refractivity contribution in [1.29, 1.82) is 0 Å². The molecule has 0 rings (SSSR count). The summed E-state index contributed by atoms with van der Waals surface area (Å²) >= 11 is 0. The molecule has 0 N–H and O–H groups in total. The number of hydrogen-bond donors (Lipinski definition) is 0. The molecular formula is C19H38. The fraction of sp³-hybridized carbons (Fsp3) is 0.895. The van der Waals surface area contributed by atoms with E-state index in [1.165, 1.54) is 83.5 Å². The summed E-state index contributed by atoms with van der Waals surface area (Å²) in [6.07, 6.45) is 21.9. The molecule has 0 aliphatic rings. The summed E-state index contributed by atoms with van der Waals surface area (Å²) < 4.78 is 0. The molecule has 114 valence electrons. The van der Waals surface area contributed by atoms with Crippen LogP contribution in [0.5, 0.6) is 0 Å². The fourth-order valence-electron chi connectivity index (χ4n) is 2.69. The Balaban J connectivity index is 3.40. The molecule has 0 spiro atoms. The van der Waals surface area contributed by atoms with Crippen molar-refractivity contribution in [2.24, 2.45) is 5.92 Å². The zero-order chi connectivity index (χ0) is 14.2. The molecule has 0 saturated carbocycles. The van der Waals surface area contributed by atoms with E-state index in [-0.39, 0.29) is 0 Å². The minimum absolute atomic E-state index is 0.908. The van der Waals surface area contributed by atoms with Crippen LogP contribution in [0.15, 0.2) is 0 Å².